The third kappa shape index (κ3) is 5.74. The number of hydrogen-bond donors (Lipinski definition) is 2. The van der Waals surface area contributed by atoms with Gasteiger partial charge in [-0.1, -0.05) is 11.6 Å². The zero-order valence-electron chi connectivity index (χ0n) is 9.83. The maximum Gasteiger partial charge on any atom is 0.172 e. The van der Waals surface area contributed by atoms with Crippen LogP contribution in [0.4, 0.5) is 5.82 Å². The van der Waals surface area contributed by atoms with Crippen LogP contribution in [0, 0.1) is 0 Å². The predicted molar refractivity (Wildman–Crippen MR) is 78.0 cm³/mol. The van der Waals surface area contributed by atoms with E-state index in [-0.39, 0.29) is 0 Å². The normalized spacial score (nSPS) is 9.59. The molecule has 6 heteroatoms. The van der Waals surface area contributed by atoms with Crippen LogP contribution in [0.15, 0.2) is 28.6 Å². The molecule has 92 valence electrons. The predicted octanol–water partition coefficient (Wildman–Crippen LogP) is 2.88. The van der Waals surface area contributed by atoms with Gasteiger partial charge < -0.3 is 10.6 Å². The molecule has 0 saturated carbocycles. The number of halogens is 1. The molecule has 0 aliphatic carbocycles. The van der Waals surface area contributed by atoms with Gasteiger partial charge in [0, 0.05) is 18.9 Å². The van der Waals surface area contributed by atoms with E-state index in [1.54, 1.807) is 12.4 Å². The van der Waals surface area contributed by atoms with Crippen LogP contribution in [0.25, 0.3) is 0 Å². The monoisotopic (exact) mass is 314 g/mol. The molecule has 0 spiro atoms. The lowest BCUT2D eigenvalue weighted by Gasteiger charge is -2.09. The Hall–Kier alpha value is -1.01. The van der Waals surface area contributed by atoms with Crippen LogP contribution >= 0.6 is 28.1 Å². The molecule has 1 aromatic heterocycles. The summed E-state index contributed by atoms with van der Waals surface area (Å²) in [6.07, 6.45) is 6.33. The van der Waals surface area contributed by atoms with Crippen LogP contribution in [0.3, 0.4) is 0 Å². The standard InChI is InChI=1S/C11H15BrN4S/c1-8(2)4-3-5-15-11(17)16-10-9(12)13-6-7-14-10/h4,6-7H,3,5H2,1-2H3,(H2,14,15,16,17). The molecule has 0 radical (unpaired) electrons. The molecule has 0 unspecified atom stereocenters. The van der Waals surface area contributed by atoms with Crippen LogP contribution in [0.2, 0.25) is 0 Å². The summed E-state index contributed by atoms with van der Waals surface area (Å²) in [5.74, 6) is 0.618. The Labute approximate surface area is 115 Å². The van der Waals surface area contributed by atoms with Crippen LogP contribution in [0.5, 0.6) is 0 Å². The average molecular weight is 315 g/mol. The van der Waals surface area contributed by atoms with E-state index in [2.05, 4.69) is 56.5 Å². The van der Waals surface area contributed by atoms with Gasteiger partial charge in [-0.3, -0.25) is 0 Å². The minimum absolute atomic E-state index is 0.549. The first kappa shape index (κ1) is 14.1. The first-order chi connectivity index (χ1) is 8.09. The summed E-state index contributed by atoms with van der Waals surface area (Å²) >= 11 is 8.44. The zero-order valence-corrected chi connectivity index (χ0v) is 12.2. The Morgan fingerprint density at radius 2 is 2.12 bits per heavy atom. The number of thiocarbonyl (C=S) groups is 1. The molecule has 2 N–H and O–H groups in total. The molecule has 1 aromatic rings. The lowest BCUT2D eigenvalue weighted by Crippen LogP contribution is -2.29. The van der Waals surface area contributed by atoms with E-state index in [1.807, 2.05) is 0 Å². The Balaban J connectivity index is 2.35. The van der Waals surface area contributed by atoms with E-state index in [1.165, 1.54) is 5.57 Å². The number of nitrogens with zero attached hydrogens (tertiary/aromatic N) is 2. The van der Waals surface area contributed by atoms with Crippen molar-refractivity contribution in [3.8, 4) is 0 Å². The third-order valence-corrected chi connectivity index (χ3v) is 2.69. The zero-order chi connectivity index (χ0) is 12.7. The first-order valence-corrected chi connectivity index (χ1v) is 6.44. The van der Waals surface area contributed by atoms with E-state index in [0.29, 0.717) is 15.5 Å². The lowest BCUT2D eigenvalue weighted by molar-refractivity contribution is 0.891. The van der Waals surface area contributed by atoms with Crippen molar-refractivity contribution in [1.29, 1.82) is 0 Å². The average Bonchev–Trinajstić information content (AvgIpc) is 2.27. The molecule has 0 bridgehead atoms. The van der Waals surface area contributed by atoms with Gasteiger partial charge in [0.15, 0.2) is 10.9 Å². The van der Waals surface area contributed by atoms with Crippen molar-refractivity contribution < 1.29 is 0 Å². The molecule has 1 rings (SSSR count). The minimum Gasteiger partial charge on any atom is -0.362 e. The molecule has 0 aliphatic rings. The van der Waals surface area contributed by atoms with Gasteiger partial charge in [-0.25, -0.2) is 9.97 Å². The van der Waals surface area contributed by atoms with E-state index in [9.17, 15) is 0 Å². The van der Waals surface area contributed by atoms with E-state index >= 15 is 0 Å². The van der Waals surface area contributed by atoms with Gasteiger partial charge in [0.2, 0.25) is 0 Å². The highest BCUT2D eigenvalue weighted by atomic mass is 79.9. The second kappa shape index (κ2) is 7.34. The summed E-state index contributed by atoms with van der Waals surface area (Å²) in [4.78, 5) is 8.16. The minimum atomic E-state index is 0.549. The number of allylic oxidation sites excluding steroid dienone is 1. The maximum atomic E-state index is 5.14. The highest BCUT2D eigenvalue weighted by Crippen LogP contribution is 2.14. The van der Waals surface area contributed by atoms with Gasteiger partial charge in [0.25, 0.3) is 0 Å². The summed E-state index contributed by atoms with van der Waals surface area (Å²) in [6, 6.07) is 0. The molecule has 0 aromatic carbocycles. The van der Waals surface area contributed by atoms with Gasteiger partial charge in [0.1, 0.15) is 4.60 Å². The molecule has 0 amide bonds. The fourth-order valence-corrected chi connectivity index (χ4v) is 1.62. The van der Waals surface area contributed by atoms with Crippen molar-refractivity contribution in [2.45, 2.75) is 20.3 Å². The fraction of sp³-hybridized carbons (Fsp3) is 0.364. The number of nitrogens with one attached hydrogen (secondary N) is 2. The fourth-order valence-electron chi connectivity index (χ4n) is 1.10. The van der Waals surface area contributed by atoms with Crippen LogP contribution in [0.1, 0.15) is 20.3 Å². The Morgan fingerprint density at radius 3 is 2.76 bits per heavy atom. The Kier molecular flexibility index (Phi) is 6.07. The number of aromatic nitrogens is 2. The van der Waals surface area contributed by atoms with E-state index in [4.69, 9.17) is 12.2 Å². The summed E-state index contributed by atoms with van der Waals surface area (Å²) in [6.45, 7) is 4.95. The molecular formula is C11H15BrN4S. The summed E-state index contributed by atoms with van der Waals surface area (Å²) in [5, 5.41) is 6.63. The molecule has 1 heterocycles. The SMILES string of the molecule is CC(C)=CCCNC(=S)Nc1nccnc1Br. The highest BCUT2D eigenvalue weighted by molar-refractivity contribution is 9.10. The van der Waals surface area contributed by atoms with Gasteiger partial charge in [-0.05, 0) is 48.4 Å². The van der Waals surface area contributed by atoms with E-state index in [0.717, 1.165) is 13.0 Å². The maximum absolute atomic E-state index is 5.14. The largest absolute Gasteiger partial charge is 0.362 e. The van der Waals surface area contributed by atoms with Gasteiger partial charge in [-0.15, -0.1) is 0 Å². The van der Waals surface area contributed by atoms with Crippen molar-refractivity contribution in [3.05, 3.63) is 28.6 Å². The van der Waals surface area contributed by atoms with E-state index < -0.39 is 0 Å². The van der Waals surface area contributed by atoms with Crippen molar-refractivity contribution >= 4 is 39.1 Å². The van der Waals surface area contributed by atoms with Crippen molar-refractivity contribution in [3.63, 3.8) is 0 Å². The van der Waals surface area contributed by atoms with Crippen molar-refractivity contribution in [2.75, 3.05) is 11.9 Å². The summed E-state index contributed by atoms with van der Waals surface area (Å²) in [7, 11) is 0. The van der Waals surface area contributed by atoms with Gasteiger partial charge >= 0.3 is 0 Å². The van der Waals surface area contributed by atoms with Crippen molar-refractivity contribution in [2.24, 2.45) is 0 Å². The molecular weight excluding hydrogens is 300 g/mol. The topological polar surface area (TPSA) is 49.8 Å². The Morgan fingerprint density at radius 1 is 1.41 bits per heavy atom. The van der Waals surface area contributed by atoms with Gasteiger partial charge in [0.05, 0.1) is 0 Å². The molecule has 4 nitrogen and oxygen atoms in total. The molecule has 0 saturated heterocycles. The van der Waals surface area contributed by atoms with Crippen LogP contribution < -0.4 is 10.6 Å². The lowest BCUT2D eigenvalue weighted by atomic mass is 10.3. The van der Waals surface area contributed by atoms with Crippen LogP contribution in [-0.2, 0) is 0 Å². The molecule has 17 heavy (non-hydrogen) atoms. The molecule has 0 fully saturated rings. The molecule has 0 aliphatic heterocycles. The van der Waals surface area contributed by atoms with Crippen LogP contribution in [-0.4, -0.2) is 21.6 Å². The van der Waals surface area contributed by atoms with Crippen molar-refractivity contribution in [1.82, 2.24) is 15.3 Å². The number of rotatable bonds is 4. The number of anilines is 1. The quantitative estimate of drug-likeness (QED) is 0.508. The third-order valence-electron chi connectivity index (χ3n) is 1.87. The smallest absolute Gasteiger partial charge is 0.172 e. The second-order valence-electron chi connectivity index (χ2n) is 3.65. The van der Waals surface area contributed by atoms with Gasteiger partial charge in [-0.2, -0.15) is 0 Å². The summed E-state index contributed by atoms with van der Waals surface area (Å²) in [5.41, 5.74) is 1.31. The first-order valence-electron chi connectivity index (χ1n) is 5.24. The highest BCUT2D eigenvalue weighted by Gasteiger charge is 2.02. The number of hydrogen-bond acceptors (Lipinski definition) is 3. The summed E-state index contributed by atoms with van der Waals surface area (Å²) < 4.78 is 0.647. The molecule has 0 atom stereocenters. The Bertz CT molecular complexity index is 416. The second-order valence-corrected chi connectivity index (χ2v) is 4.81.